The number of piperazine rings is 1. The fourth-order valence-corrected chi connectivity index (χ4v) is 4.34. The molecule has 3 heterocycles. The van der Waals surface area contributed by atoms with Crippen molar-refractivity contribution in [3.8, 4) is 0 Å². The van der Waals surface area contributed by atoms with Gasteiger partial charge in [0.2, 0.25) is 5.91 Å². The molecule has 1 aromatic heterocycles. The van der Waals surface area contributed by atoms with Crippen LogP contribution in [-0.4, -0.2) is 60.0 Å². The Kier molecular flexibility index (Phi) is 5.27. The molecule has 2 aromatic rings. The molecule has 140 valence electrons. The Labute approximate surface area is 155 Å². The van der Waals surface area contributed by atoms with Gasteiger partial charge in [-0.25, -0.2) is 0 Å². The maximum absolute atomic E-state index is 12.9. The smallest absolute Gasteiger partial charge is 0.224 e. The van der Waals surface area contributed by atoms with Crippen molar-refractivity contribution < 1.29 is 4.79 Å². The number of carbonyl (C=O) groups is 1. The molecule has 2 aliphatic rings. The van der Waals surface area contributed by atoms with Crippen molar-refractivity contribution in [1.29, 1.82) is 0 Å². The Balaban J connectivity index is 1.40. The number of aromatic amines is 1. The largest absolute Gasteiger partial charge is 0.357 e. The van der Waals surface area contributed by atoms with E-state index in [0.717, 1.165) is 39.1 Å². The van der Waals surface area contributed by atoms with Crippen molar-refractivity contribution in [2.45, 2.75) is 38.6 Å². The normalized spacial score (nSPS) is 21.1. The Morgan fingerprint density at radius 3 is 2.81 bits per heavy atom. The molecule has 0 spiro atoms. The van der Waals surface area contributed by atoms with Crippen LogP contribution in [0.4, 0.5) is 0 Å². The van der Waals surface area contributed by atoms with Crippen LogP contribution < -0.4 is 5.32 Å². The van der Waals surface area contributed by atoms with Gasteiger partial charge in [0, 0.05) is 49.2 Å². The number of hydrogen-bond donors (Lipinski definition) is 2. The van der Waals surface area contributed by atoms with Crippen LogP contribution in [0.15, 0.2) is 24.3 Å². The van der Waals surface area contributed by atoms with Gasteiger partial charge in [0.25, 0.3) is 0 Å². The summed E-state index contributed by atoms with van der Waals surface area (Å²) >= 11 is 0. The maximum Gasteiger partial charge on any atom is 0.224 e. The number of amides is 1. The Morgan fingerprint density at radius 1 is 1.19 bits per heavy atom. The zero-order chi connectivity index (χ0) is 17.9. The van der Waals surface area contributed by atoms with Gasteiger partial charge in [-0.15, -0.1) is 0 Å². The number of carbonyl (C=O) groups excluding carboxylic acids is 1. The Bertz CT molecular complexity index is 760. The van der Waals surface area contributed by atoms with Crippen LogP contribution in [0.1, 0.15) is 43.5 Å². The number of nitrogens with zero attached hydrogens (tertiary/aromatic N) is 2. The third-order valence-corrected chi connectivity index (χ3v) is 5.89. The number of aromatic nitrogens is 1. The van der Waals surface area contributed by atoms with E-state index in [1.165, 1.54) is 41.5 Å². The Hall–Kier alpha value is -1.85. The summed E-state index contributed by atoms with van der Waals surface area (Å²) in [5, 5.41) is 4.86. The minimum Gasteiger partial charge on any atom is -0.357 e. The van der Waals surface area contributed by atoms with E-state index in [1.807, 2.05) is 0 Å². The van der Waals surface area contributed by atoms with Crippen LogP contribution in [0.25, 0.3) is 10.9 Å². The highest BCUT2D eigenvalue weighted by Gasteiger charge is 2.28. The third-order valence-electron chi connectivity index (χ3n) is 5.89. The summed E-state index contributed by atoms with van der Waals surface area (Å²) in [6.07, 6.45) is 4.07. The van der Waals surface area contributed by atoms with Gasteiger partial charge in [-0.3, -0.25) is 9.69 Å². The summed E-state index contributed by atoms with van der Waals surface area (Å²) < 4.78 is 0. The van der Waals surface area contributed by atoms with Crippen LogP contribution in [0.5, 0.6) is 0 Å². The first-order valence-electron chi connectivity index (χ1n) is 10.1. The standard InChI is InChI=1S/C21H30N4O/c1-2-3-10-24-11-13-25(14-12-24)20(26)15-19-21-17(8-9-22-19)16-6-4-5-7-18(16)23-21/h4-7,19,22-23H,2-3,8-15H2,1H3. The van der Waals surface area contributed by atoms with Gasteiger partial charge in [0.15, 0.2) is 0 Å². The number of rotatable bonds is 5. The van der Waals surface area contributed by atoms with Gasteiger partial charge in [-0.05, 0) is 37.6 Å². The lowest BCUT2D eigenvalue weighted by Crippen LogP contribution is -2.49. The van der Waals surface area contributed by atoms with Gasteiger partial charge in [-0.2, -0.15) is 0 Å². The van der Waals surface area contributed by atoms with Crippen LogP contribution in [0.2, 0.25) is 0 Å². The van der Waals surface area contributed by atoms with E-state index in [1.54, 1.807) is 0 Å². The Morgan fingerprint density at radius 2 is 2.00 bits per heavy atom. The van der Waals surface area contributed by atoms with Gasteiger partial charge >= 0.3 is 0 Å². The fourth-order valence-electron chi connectivity index (χ4n) is 4.34. The van der Waals surface area contributed by atoms with Crippen molar-refractivity contribution in [2.24, 2.45) is 0 Å². The summed E-state index contributed by atoms with van der Waals surface area (Å²) in [7, 11) is 0. The lowest BCUT2D eigenvalue weighted by Gasteiger charge is -2.35. The van der Waals surface area contributed by atoms with Crippen LogP contribution in [0.3, 0.4) is 0 Å². The number of para-hydroxylation sites is 1. The average Bonchev–Trinajstić information content (AvgIpc) is 3.06. The second kappa shape index (κ2) is 7.80. The minimum atomic E-state index is 0.108. The van der Waals surface area contributed by atoms with E-state index < -0.39 is 0 Å². The molecule has 2 aliphatic heterocycles. The number of unbranched alkanes of at least 4 members (excludes halogenated alkanes) is 1. The van der Waals surface area contributed by atoms with Gasteiger partial charge in [0.1, 0.15) is 0 Å². The molecule has 1 aromatic carbocycles. The van der Waals surface area contributed by atoms with Gasteiger partial charge < -0.3 is 15.2 Å². The van der Waals surface area contributed by atoms with Gasteiger partial charge in [0.05, 0.1) is 6.04 Å². The first-order valence-corrected chi connectivity index (χ1v) is 10.1. The molecule has 4 rings (SSSR count). The molecular formula is C21H30N4O. The highest BCUT2D eigenvalue weighted by Crippen LogP contribution is 2.31. The molecule has 5 nitrogen and oxygen atoms in total. The maximum atomic E-state index is 12.9. The average molecular weight is 354 g/mol. The second-order valence-corrected chi connectivity index (χ2v) is 7.60. The monoisotopic (exact) mass is 354 g/mol. The predicted molar refractivity (Wildman–Crippen MR) is 105 cm³/mol. The molecule has 5 heteroatoms. The van der Waals surface area contributed by atoms with Crippen molar-refractivity contribution in [2.75, 3.05) is 39.3 Å². The molecule has 0 radical (unpaired) electrons. The lowest BCUT2D eigenvalue weighted by molar-refractivity contribution is -0.133. The molecule has 1 atom stereocenters. The zero-order valence-corrected chi connectivity index (χ0v) is 15.8. The highest BCUT2D eigenvalue weighted by molar-refractivity contribution is 5.85. The molecule has 0 aliphatic carbocycles. The van der Waals surface area contributed by atoms with Crippen molar-refractivity contribution >= 4 is 16.8 Å². The van der Waals surface area contributed by atoms with Gasteiger partial charge in [-0.1, -0.05) is 31.5 Å². The summed E-state index contributed by atoms with van der Waals surface area (Å²) in [5.74, 6) is 0.282. The molecule has 0 bridgehead atoms. The number of nitrogens with one attached hydrogen (secondary N) is 2. The highest BCUT2D eigenvalue weighted by atomic mass is 16.2. The number of hydrogen-bond acceptors (Lipinski definition) is 3. The fraction of sp³-hybridized carbons (Fsp3) is 0.571. The van der Waals surface area contributed by atoms with Crippen molar-refractivity contribution in [1.82, 2.24) is 20.1 Å². The zero-order valence-electron chi connectivity index (χ0n) is 15.8. The van der Waals surface area contributed by atoms with Crippen molar-refractivity contribution in [3.63, 3.8) is 0 Å². The minimum absolute atomic E-state index is 0.108. The summed E-state index contributed by atoms with van der Waals surface area (Å²) in [6, 6.07) is 8.58. The first kappa shape index (κ1) is 17.6. The van der Waals surface area contributed by atoms with E-state index in [4.69, 9.17) is 0 Å². The van der Waals surface area contributed by atoms with E-state index in [-0.39, 0.29) is 11.9 Å². The molecule has 26 heavy (non-hydrogen) atoms. The topological polar surface area (TPSA) is 51.4 Å². The SMILES string of the molecule is CCCCN1CCN(C(=O)CC2NCCc3c2[nH]c2ccccc32)CC1. The lowest BCUT2D eigenvalue weighted by atomic mass is 9.97. The molecular weight excluding hydrogens is 324 g/mol. The summed E-state index contributed by atoms with van der Waals surface area (Å²) in [5.41, 5.74) is 3.79. The number of H-pyrrole nitrogens is 1. The molecule has 1 unspecified atom stereocenters. The van der Waals surface area contributed by atoms with E-state index in [2.05, 4.69) is 51.3 Å². The molecule has 1 amide bonds. The van der Waals surface area contributed by atoms with E-state index in [0.29, 0.717) is 6.42 Å². The molecule has 1 saturated heterocycles. The summed E-state index contributed by atoms with van der Waals surface area (Å²) in [6.45, 7) is 8.11. The van der Waals surface area contributed by atoms with Crippen LogP contribution >= 0.6 is 0 Å². The molecule has 0 saturated carbocycles. The number of fused-ring (bicyclic) bond motifs is 3. The summed E-state index contributed by atoms with van der Waals surface area (Å²) in [4.78, 5) is 21.0. The molecule has 1 fully saturated rings. The molecule has 2 N–H and O–H groups in total. The first-order chi connectivity index (χ1) is 12.8. The third kappa shape index (κ3) is 3.51. The predicted octanol–water partition coefficient (Wildman–Crippen LogP) is 2.69. The van der Waals surface area contributed by atoms with Crippen LogP contribution in [-0.2, 0) is 11.2 Å². The quantitative estimate of drug-likeness (QED) is 0.868. The van der Waals surface area contributed by atoms with Crippen LogP contribution in [0, 0.1) is 0 Å². The van der Waals surface area contributed by atoms with E-state index >= 15 is 0 Å². The number of benzene rings is 1. The second-order valence-electron chi connectivity index (χ2n) is 7.60. The van der Waals surface area contributed by atoms with E-state index in [9.17, 15) is 4.79 Å². The van der Waals surface area contributed by atoms with Crippen molar-refractivity contribution in [3.05, 3.63) is 35.5 Å².